The van der Waals surface area contributed by atoms with Crippen LogP contribution in [0.2, 0.25) is 0 Å². The maximum atomic E-state index is 13.5. The SMILES string of the molecule is CCCN(N/C=C(\C)C=O)C(=O)c1ccc(C(=C\C=C2\N(C)c3ccc(S(=O)(=O)O)cc3C2(C)C)/C=C/C2=[N+](C)c3ccccc3C2(C)C)cc1. The predicted molar refractivity (Wildman–Crippen MR) is 204 cm³/mol. The molecule has 0 unspecified atom stereocenters. The number of benzene rings is 3. The largest absolute Gasteiger partial charge is 0.347 e. The topological polar surface area (TPSA) is 110 Å². The third kappa shape index (κ3) is 7.25. The summed E-state index contributed by atoms with van der Waals surface area (Å²) in [4.78, 5) is 26.5. The molecule has 2 heterocycles. The minimum absolute atomic E-state index is 0.137. The first kappa shape index (κ1) is 37.2. The summed E-state index contributed by atoms with van der Waals surface area (Å²) < 4.78 is 35.9. The molecule has 0 atom stereocenters. The van der Waals surface area contributed by atoms with E-state index in [9.17, 15) is 22.6 Å². The number of fused-ring (bicyclic) bond motifs is 2. The Morgan fingerprint density at radius 3 is 2.27 bits per heavy atom. The molecule has 0 radical (unpaired) electrons. The van der Waals surface area contributed by atoms with E-state index in [1.54, 1.807) is 31.2 Å². The highest BCUT2D eigenvalue weighted by molar-refractivity contribution is 7.85. The molecule has 3 aromatic rings. The Bertz CT molecular complexity index is 2140. The van der Waals surface area contributed by atoms with Crippen LogP contribution in [-0.2, 0) is 25.7 Å². The zero-order chi connectivity index (χ0) is 37.3. The van der Waals surface area contributed by atoms with E-state index in [0.29, 0.717) is 17.7 Å². The van der Waals surface area contributed by atoms with Crippen molar-refractivity contribution >= 4 is 45.0 Å². The van der Waals surface area contributed by atoms with E-state index in [2.05, 4.69) is 61.2 Å². The van der Waals surface area contributed by atoms with Crippen molar-refractivity contribution in [1.29, 1.82) is 0 Å². The molecule has 2 aliphatic heterocycles. The summed E-state index contributed by atoms with van der Waals surface area (Å²) >= 11 is 0. The first-order valence-corrected chi connectivity index (χ1v) is 18.4. The van der Waals surface area contributed by atoms with Crippen LogP contribution in [0.15, 0.2) is 113 Å². The van der Waals surface area contributed by atoms with Gasteiger partial charge < -0.3 is 10.3 Å². The molecule has 0 aliphatic carbocycles. The maximum absolute atomic E-state index is 13.5. The number of nitrogens with one attached hydrogen (secondary N) is 1. The van der Waals surface area contributed by atoms with Gasteiger partial charge in [-0.25, -0.2) is 0 Å². The van der Waals surface area contributed by atoms with Gasteiger partial charge in [0.15, 0.2) is 5.71 Å². The van der Waals surface area contributed by atoms with Crippen LogP contribution in [0.1, 0.15) is 75.0 Å². The van der Waals surface area contributed by atoms with E-state index in [4.69, 9.17) is 0 Å². The molecule has 3 aromatic carbocycles. The molecular formula is C41H47N4O5S+. The lowest BCUT2D eigenvalue weighted by Crippen LogP contribution is -2.40. The number of para-hydroxylation sites is 1. The van der Waals surface area contributed by atoms with Gasteiger partial charge in [-0.05, 0) is 86.4 Å². The average Bonchev–Trinajstić information content (AvgIpc) is 3.42. The van der Waals surface area contributed by atoms with E-state index in [1.165, 1.54) is 22.8 Å². The normalized spacial score (nSPS) is 17.6. The summed E-state index contributed by atoms with van der Waals surface area (Å²) in [5, 5.41) is 1.50. The minimum Gasteiger partial charge on any atom is -0.347 e. The molecule has 10 heteroatoms. The molecule has 0 fully saturated rings. The second-order valence-electron chi connectivity index (χ2n) is 14.1. The van der Waals surface area contributed by atoms with Crippen LogP contribution in [0.3, 0.4) is 0 Å². The number of hydrogen-bond acceptors (Lipinski definition) is 6. The molecule has 0 saturated heterocycles. The van der Waals surface area contributed by atoms with Crippen molar-refractivity contribution in [2.45, 2.75) is 63.7 Å². The molecule has 2 aliphatic rings. The van der Waals surface area contributed by atoms with Gasteiger partial charge in [-0.2, -0.15) is 13.0 Å². The number of hydrazine groups is 1. The number of anilines is 1. The number of carbonyl (C=O) groups excluding carboxylic acids is 2. The van der Waals surface area contributed by atoms with Crippen LogP contribution >= 0.6 is 0 Å². The van der Waals surface area contributed by atoms with E-state index in [0.717, 1.165) is 52.2 Å². The average molecular weight is 708 g/mol. The quantitative estimate of drug-likeness (QED) is 0.0536. The van der Waals surface area contributed by atoms with E-state index in [-0.39, 0.29) is 16.2 Å². The standard InChI is InChI=1S/C41H46N4O5S/c1-9-24-45(42-26-28(2)27-46)39(47)31-16-14-29(15-17-31)30(18-22-37-40(3,4)33-12-10-11-13-35(33)43(37)7)19-23-38-41(5,6)34-25-32(51(48,49)50)20-21-36(34)44(38)8/h10-23,25-27H,9,24H2,1-8H3,(H-,42,46,48,49,50)/p+1. The Morgan fingerprint density at radius 2 is 1.65 bits per heavy atom. The number of rotatable bonds is 11. The zero-order valence-corrected chi connectivity index (χ0v) is 31.4. The molecule has 0 spiro atoms. The van der Waals surface area contributed by atoms with Crippen LogP contribution in [0.25, 0.3) is 5.57 Å². The van der Waals surface area contributed by atoms with Gasteiger partial charge in [0.25, 0.3) is 16.0 Å². The van der Waals surface area contributed by atoms with Crippen molar-refractivity contribution in [1.82, 2.24) is 10.4 Å². The number of aldehydes is 1. The van der Waals surface area contributed by atoms with E-state index in [1.807, 2.05) is 63.1 Å². The number of likely N-dealkylation sites (N-methyl/N-ethyl adjacent to an activating group) is 1. The Kier molecular flexibility index (Phi) is 10.4. The third-order valence-corrected chi connectivity index (χ3v) is 10.7. The summed E-state index contributed by atoms with van der Waals surface area (Å²) in [6.07, 6.45) is 11.3. The van der Waals surface area contributed by atoms with Gasteiger partial charge in [-0.1, -0.05) is 57.2 Å². The molecular weight excluding hydrogens is 661 g/mol. The van der Waals surface area contributed by atoms with Crippen molar-refractivity contribution in [3.8, 4) is 0 Å². The van der Waals surface area contributed by atoms with Crippen LogP contribution in [0, 0.1) is 0 Å². The summed E-state index contributed by atoms with van der Waals surface area (Å²) in [6, 6.07) is 20.6. The van der Waals surface area contributed by atoms with Gasteiger partial charge in [0.1, 0.15) is 13.3 Å². The van der Waals surface area contributed by atoms with Crippen LogP contribution < -0.4 is 10.3 Å². The fourth-order valence-corrected chi connectivity index (χ4v) is 7.49. The van der Waals surface area contributed by atoms with Gasteiger partial charge in [-0.15, -0.1) is 0 Å². The Balaban J connectivity index is 1.57. The molecule has 1 amide bonds. The molecule has 51 heavy (non-hydrogen) atoms. The monoisotopic (exact) mass is 707 g/mol. The second-order valence-corrected chi connectivity index (χ2v) is 15.5. The number of amides is 1. The van der Waals surface area contributed by atoms with Gasteiger partial charge >= 0.3 is 0 Å². The van der Waals surface area contributed by atoms with E-state index >= 15 is 0 Å². The Labute approximate surface area is 301 Å². The van der Waals surface area contributed by atoms with Crippen molar-refractivity contribution in [3.05, 3.63) is 131 Å². The lowest BCUT2D eigenvalue weighted by atomic mass is 9.81. The lowest BCUT2D eigenvalue weighted by molar-refractivity contribution is -0.401. The number of carbonyl (C=O) groups is 2. The highest BCUT2D eigenvalue weighted by Gasteiger charge is 2.43. The summed E-state index contributed by atoms with van der Waals surface area (Å²) in [6.45, 7) is 12.6. The van der Waals surface area contributed by atoms with Crippen molar-refractivity contribution in [2.75, 3.05) is 25.5 Å². The molecule has 0 bridgehead atoms. The van der Waals surface area contributed by atoms with Crippen molar-refractivity contribution in [3.63, 3.8) is 0 Å². The summed E-state index contributed by atoms with van der Waals surface area (Å²) in [7, 11) is -0.337. The van der Waals surface area contributed by atoms with Crippen LogP contribution in [0.4, 0.5) is 11.4 Å². The van der Waals surface area contributed by atoms with Crippen molar-refractivity contribution < 1.29 is 27.1 Å². The fraction of sp³-hybridized carbons (Fsp3) is 0.293. The molecule has 0 aromatic heterocycles. The lowest BCUT2D eigenvalue weighted by Gasteiger charge is -2.24. The van der Waals surface area contributed by atoms with Crippen molar-refractivity contribution in [2.24, 2.45) is 0 Å². The van der Waals surface area contributed by atoms with Crippen LogP contribution in [0.5, 0.6) is 0 Å². The smallest absolute Gasteiger partial charge is 0.294 e. The highest BCUT2D eigenvalue weighted by Crippen LogP contribution is 2.48. The second kappa shape index (κ2) is 14.3. The van der Waals surface area contributed by atoms with Gasteiger partial charge in [0.2, 0.25) is 5.69 Å². The molecule has 9 nitrogen and oxygen atoms in total. The number of hydrogen-bond donors (Lipinski definition) is 2. The van der Waals surface area contributed by atoms with Crippen LogP contribution in [-0.4, -0.2) is 61.1 Å². The molecule has 266 valence electrons. The van der Waals surface area contributed by atoms with E-state index < -0.39 is 15.5 Å². The van der Waals surface area contributed by atoms with Gasteiger partial charge in [-0.3, -0.25) is 19.2 Å². The molecule has 2 N–H and O–H groups in total. The first-order valence-electron chi connectivity index (χ1n) is 17.0. The predicted octanol–water partition coefficient (Wildman–Crippen LogP) is 7.35. The number of nitrogens with zero attached hydrogens (tertiary/aromatic N) is 3. The Hall–Kier alpha value is -5.06. The third-order valence-electron chi connectivity index (χ3n) is 9.88. The van der Waals surface area contributed by atoms with Gasteiger partial charge in [0, 0.05) is 65.4 Å². The minimum atomic E-state index is -4.36. The summed E-state index contributed by atoms with van der Waals surface area (Å²) in [5.41, 5.74) is 11.1. The molecule has 5 rings (SSSR count). The number of allylic oxidation sites excluding steroid dienone is 7. The Morgan fingerprint density at radius 1 is 0.980 bits per heavy atom. The van der Waals surface area contributed by atoms with Gasteiger partial charge in [0.05, 0.1) is 10.3 Å². The first-order chi connectivity index (χ1) is 24.0. The maximum Gasteiger partial charge on any atom is 0.294 e. The highest BCUT2D eigenvalue weighted by atomic mass is 32.2. The summed E-state index contributed by atoms with van der Waals surface area (Å²) in [5.74, 6) is -0.208. The molecule has 0 saturated carbocycles. The zero-order valence-electron chi connectivity index (χ0n) is 30.6. The fourth-order valence-electron chi connectivity index (χ4n) is 6.99.